The van der Waals surface area contributed by atoms with Crippen LogP contribution in [0.4, 0.5) is 5.69 Å². The van der Waals surface area contributed by atoms with Crippen molar-refractivity contribution in [2.75, 3.05) is 38.2 Å². The van der Waals surface area contributed by atoms with Crippen molar-refractivity contribution < 1.29 is 23.9 Å². The number of amides is 1. The Morgan fingerprint density at radius 2 is 1.50 bits per heavy atom. The number of likely N-dealkylation sites (tertiary alicyclic amines) is 1. The van der Waals surface area contributed by atoms with E-state index < -0.39 is 5.79 Å². The third kappa shape index (κ3) is 3.35. The molecule has 1 spiro atoms. The second kappa shape index (κ2) is 7.43. The van der Waals surface area contributed by atoms with Gasteiger partial charge in [-0.25, -0.2) is 0 Å². The Balaban J connectivity index is 1.26. The number of carbonyl (C=O) groups excluding carboxylic acids is 3. The van der Waals surface area contributed by atoms with E-state index in [0.717, 1.165) is 25.9 Å². The van der Waals surface area contributed by atoms with E-state index in [-0.39, 0.29) is 24.0 Å². The average Bonchev–Trinajstić information content (AvgIpc) is 3.22. The Kier molecular flexibility index (Phi) is 4.73. The maximum absolute atomic E-state index is 12.8. The Labute approximate surface area is 174 Å². The first kappa shape index (κ1) is 19.1. The van der Waals surface area contributed by atoms with Crippen LogP contribution in [-0.2, 0) is 14.3 Å². The summed E-state index contributed by atoms with van der Waals surface area (Å²) in [6.45, 7) is 2.96. The second-order valence-corrected chi connectivity index (χ2v) is 7.90. The zero-order chi connectivity index (χ0) is 20.7. The SMILES string of the molecule is O=C(CN1CCC2(CC1)OCCO2)Nc1ccc2c(c1)C(=O)c1ccccc1C2=O. The molecule has 2 aliphatic heterocycles. The Bertz CT molecular complexity index is 1030. The molecule has 0 bridgehead atoms. The van der Waals surface area contributed by atoms with E-state index in [1.807, 2.05) is 0 Å². The van der Waals surface area contributed by atoms with E-state index in [1.54, 1.807) is 42.5 Å². The summed E-state index contributed by atoms with van der Waals surface area (Å²) in [6, 6.07) is 11.7. The van der Waals surface area contributed by atoms with Crippen LogP contribution in [0.25, 0.3) is 0 Å². The molecule has 5 rings (SSSR count). The normalized spacial score (nSPS) is 20.1. The molecular formula is C23H22N2O5. The molecule has 0 saturated carbocycles. The largest absolute Gasteiger partial charge is 0.347 e. The monoisotopic (exact) mass is 406 g/mol. The standard InChI is InChI=1S/C23H22N2O5/c26-20(14-25-9-7-23(8-10-25)29-11-12-30-23)24-15-5-6-18-19(13-15)22(28)17-4-2-1-3-16(17)21(18)27/h1-6,13H,7-12,14H2,(H,24,26). The highest BCUT2D eigenvalue weighted by atomic mass is 16.7. The van der Waals surface area contributed by atoms with Crippen molar-refractivity contribution in [3.05, 3.63) is 64.7 Å². The molecule has 2 saturated heterocycles. The van der Waals surface area contributed by atoms with Crippen LogP contribution in [0.3, 0.4) is 0 Å². The van der Waals surface area contributed by atoms with Gasteiger partial charge in [0.05, 0.1) is 19.8 Å². The van der Waals surface area contributed by atoms with E-state index in [4.69, 9.17) is 9.47 Å². The van der Waals surface area contributed by atoms with E-state index >= 15 is 0 Å². The minimum atomic E-state index is -0.464. The van der Waals surface area contributed by atoms with Crippen LogP contribution in [-0.4, -0.2) is 61.0 Å². The number of anilines is 1. The summed E-state index contributed by atoms with van der Waals surface area (Å²) in [4.78, 5) is 40.1. The minimum absolute atomic E-state index is 0.158. The highest BCUT2D eigenvalue weighted by Crippen LogP contribution is 2.31. The lowest BCUT2D eigenvalue weighted by atomic mass is 9.84. The van der Waals surface area contributed by atoms with Crippen LogP contribution in [0.2, 0.25) is 0 Å². The maximum Gasteiger partial charge on any atom is 0.238 e. The van der Waals surface area contributed by atoms with Crippen molar-refractivity contribution in [3.63, 3.8) is 0 Å². The van der Waals surface area contributed by atoms with E-state index in [9.17, 15) is 14.4 Å². The van der Waals surface area contributed by atoms with Gasteiger partial charge in [0, 0.05) is 53.9 Å². The average molecular weight is 406 g/mol. The molecular weight excluding hydrogens is 384 g/mol. The second-order valence-electron chi connectivity index (χ2n) is 7.90. The summed E-state index contributed by atoms with van der Waals surface area (Å²) in [5, 5.41) is 2.85. The number of hydrogen-bond donors (Lipinski definition) is 1. The Morgan fingerprint density at radius 3 is 2.17 bits per heavy atom. The van der Waals surface area contributed by atoms with Crippen molar-refractivity contribution in [3.8, 4) is 0 Å². The predicted molar refractivity (Wildman–Crippen MR) is 109 cm³/mol. The molecule has 0 atom stereocenters. The fourth-order valence-electron chi connectivity index (χ4n) is 4.42. The number of fused-ring (bicyclic) bond motifs is 2. The zero-order valence-corrected chi connectivity index (χ0v) is 16.5. The Hall–Kier alpha value is -2.87. The number of nitrogens with zero attached hydrogens (tertiary/aromatic N) is 1. The van der Waals surface area contributed by atoms with E-state index in [1.165, 1.54) is 0 Å². The topological polar surface area (TPSA) is 84.9 Å². The van der Waals surface area contributed by atoms with E-state index in [2.05, 4.69) is 10.2 Å². The van der Waals surface area contributed by atoms with Gasteiger partial charge in [0.2, 0.25) is 5.91 Å². The summed E-state index contributed by atoms with van der Waals surface area (Å²) in [6.07, 6.45) is 1.49. The molecule has 7 nitrogen and oxygen atoms in total. The molecule has 0 aromatic heterocycles. The summed E-state index contributed by atoms with van der Waals surface area (Å²) in [7, 11) is 0. The highest BCUT2D eigenvalue weighted by Gasteiger charge is 2.40. The third-order valence-corrected chi connectivity index (χ3v) is 6.01. The lowest BCUT2D eigenvalue weighted by molar-refractivity contribution is -0.185. The van der Waals surface area contributed by atoms with Gasteiger partial charge in [0.1, 0.15) is 0 Å². The molecule has 2 aromatic carbocycles. The molecule has 1 aliphatic carbocycles. The maximum atomic E-state index is 12.8. The first-order valence-electron chi connectivity index (χ1n) is 10.2. The van der Waals surface area contributed by atoms with Gasteiger partial charge in [0.15, 0.2) is 17.4 Å². The molecule has 1 amide bonds. The van der Waals surface area contributed by atoms with Gasteiger partial charge < -0.3 is 14.8 Å². The summed E-state index contributed by atoms with van der Waals surface area (Å²) in [5.74, 6) is -0.991. The van der Waals surface area contributed by atoms with Gasteiger partial charge in [-0.05, 0) is 18.2 Å². The van der Waals surface area contributed by atoms with Crippen LogP contribution in [0.15, 0.2) is 42.5 Å². The summed E-state index contributed by atoms with van der Waals surface area (Å²) < 4.78 is 11.4. The van der Waals surface area contributed by atoms with Gasteiger partial charge in [-0.2, -0.15) is 0 Å². The first-order chi connectivity index (χ1) is 14.5. The van der Waals surface area contributed by atoms with E-state index in [0.29, 0.717) is 41.2 Å². The van der Waals surface area contributed by atoms with Crippen molar-refractivity contribution in [1.82, 2.24) is 4.90 Å². The number of ether oxygens (including phenoxy) is 2. The van der Waals surface area contributed by atoms with Crippen molar-refractivity contribution in [2.45, 2.75) is 18.6 Å². The highest BCUT2D eigenvalue weighted by molar-refractivity contribution is 6.28. The van der Waals surface area contributed by atoms with Gasteiger partial charge in [0.25, 0.3) is 0 Å². The summed E-state index contributed by atoms with van der Waals surface area (Å²) >= 11 is 0. The zero-order valence-electron chi connectivity index (χ0n) is 16.5. The molecule has 154 valence electrons. The molecule has 0 unspecified atom stereocenters. The molecule has 30 heavy (non-hydrogen) atoms. The number of ketones is 2. The summed E-state index contributed by atoms with van der Waals surface area (Å²) in [5.41, 5.74) is 2.03. The van der Waals surface area contributed by atoms with Gasteiger partial charge in [-0.15, -0.1) is 0 Å². The lowest BCUT2D eigenvalue weighted by Gasteiger charge is -2.37. The molecule has 7 heteroatoms. The van der Waals surface area contributed by atoms with Crippen LogP contribution >= 0.6 is 0 Å². The number of carbonyl (C=O) groups is 3. The van der Waals surface area contributed by atoms with Gasteiger partial charge in [-0.1, -0.05) is 24.3 Å². The molecule has 0 radical (unpaired) electrons. The van der Waals surface area contributed by atoms with Crippen LogP contribution in [0.1, 0.15) is 44.7 Å². The van der Waals surface area contributed by atoms with Crippen LogP contribution in [0, 0.1) is 0 Å². The number of nitrogens with one attached hydrogen (secondary N) is 1. The predicted octanol–water partition coefficient (Wildman–Crippen LogP) is 2.24. The number of rotatable bonds is 3. The number of benzene rings is 2. The number of hydrogen-bond acceptors (Lipinski definition) is 6. The number of piperidine rings is 1. The van der Waals surface area contributed by atoms with Crippen molar-refractivity contribution in [1.29, 1.82) is 0 Å². The van der Waals surface area contributed by atoms with Crippen molar-refractivity contribution in [2.24, 2.45) is 0 Å². The Morgan fingerprint density at radius 1 is 0.900 bits per heavy atom. The van der Waals surface area contributed by atoms with Crippen molar-refractivity contribution >= 4 is 23.2 Å². The fraction of sp³-hybridized carbons (Fsp3) is 0.348. The fourth-order valence-corrected chi connectivity index (χ4v) is 4.42. The van der Waals surface area contributed by atoms with Gasteiger partial charge in [-0.3, -0.25) is 19.3 Å². The third-order valence-electron chi connectivity index (χ3n) is 6.01. The quantitative estimate of drug-likeness (QED) is 0.718. The smallest absolute Gasteiger partial charge is 0.238 e. The molecule has 2 aromatic rings. The molecule has 2 fully saturated rings. The van der Waals surface area contributed by atoms with Crippen LogP contribution in [0.5, 0.6) is 0 Å². The first-order valence-corrected chi connectivity index (χ1v) is 10.2. The molecule has 2 heterocycles. The minimum Gasteiger partial charge on any atom is -0.347 e. The van der Waals surface area contributed by atoms with Crippen LogP contribution < -0.4 is 5.32 Å². The van der Waals surface area contributed by atoms with Gasteiger partial charge >= 0.3 is 0 Å². The lowest BCUT2D eigenvalue weighted by Crippen LogP contribution is -2.47. The molecule has 3 aliphatic rings. The molecule has 1 N–H and O–H groups in total.